The van der Waals surface area contributed by atoms with Gasteiger partial charge in [-0.3, -0.25) is 4.90 Å². The molecule has 1 aliphatic heterocycles. The zero-order valence-electron chi connectivity index (χ0n) is 15.1. The predicted molar refractivity (Wildman–Crippen MR) is 102 cm³/mol. The molecule has 1 fully saturated rings. The minimum Gasteiger partial charge on any atom is -0.496 e. The molecule has 3 rings (SSSR count). The summed E-state index contributed by atoms with van der Waals surface area (Å²) in [5, 5.41) is 0. The van der Waals surface area contributed by atoms with Gasteiger partial charge in [-0.2, -0.15) is 0 Å². The number of halogens is 1. The van der Waals surface area contributed by atoms with Crippen LogP contribution in [0.2, 0.25) is 0 Å². The Hall–Kier alpha value is -1.56. The molecule has 0 spiro atoms. The van der Waals surface area contributed by atoms with E-state index in [1.807, 2.05) is 19.3 Å². The number of imidazole rings is 1. The second-order valence-corrected chi connectivity index (χ2v) is 6.31. The minimum atomic E-state index is 0. The average molecular weight is 366 g/mol. The van der Waals surface area contributed by atoms with Crippen LogP contribution >= 0.6 is 12.4 Å². The van der Waals surface area contributed by atoms with Crippen molar-refractivity contribution in [3.05, 3.63) is 47.5 Å². The van der Waals surface area contributed by atoms with Crippen LogP contribution in [0, 0.1) is 6.92 Å². The Balaban J connectivity index is 0.00000225. The molecule has 0 atom stereocenters. The summed E-state index contributed by atoms with van der Waals surface area (Å²) < 4.78 is 13.1. The van der Waals surface area contributed by atoms with Crippen LogP contribution in [-0.2, 0) is 17.7 Å². The normalized spacial score (nSPS) is 15.0. The second-order valence-electron chi connectivity index (χ2n) is 6.31. The van der Waals surface area contributed by atoms with Crippen molar-refractivity contribution in [3.63, 3.8) is 0 Å². The molecular formula is C19H28ClN3O2. The highest BCUT2D eigenvalue weighted by atomic mass is 35.5. The summed E-state index contributed by atoms with van der Waals surface area (Å²) in [6, 6.07) is 6.55. The fourth-order valence-electron chi connectivity index (χ4n) is 3.20. The maximum Gasteiger partial charge on any atom is 0.123 e. The summed E-state index contributed by atoms with van der Waals surface area (Å²) >= 11 is 0. The lowest BCUT2D eigenvalue weighted by Gasteiger charge is -2.26. The minimum absolute atomic E-state index is 0. The van der Waals surface area contributed by atoms with Crippen molar-refractivity contribution in [2.45, 2.75) is 26.3 Å². The van der Waals surface area contributed by atoms with Gasteiger partial charge >= 0.3 is 0 Å². The van der Waals surface area contributed by atoms with Gasteiger partial charge in [-0.1, -0.05) is 12.1 Å². The third-order valence-corrected chi connectivity index (χ3v) is 4.65. The molecule has 1 saturated heterocycles. The molecule has 1 aromatic heterocycles. The fraction of sp³-hybridized carbons (Fsp3) is 0.526. The number of methoxy groups -OCH3 is 1. The monoisotopic (exact) mass is 365 g/mol. The van der Waals surface area contributed by atoms with Crippen LogP contribution in [0.25, 0.3) is 0 Å². The molecule has 1 aliphatic rings. The van der Waals surface area contributed by atoms with Crippen LogP contribution in [-0.4, -0.2) is 54.4 Å². The average Bonchev–Trinajstić information content (AvgIpc) is 3.01. The molecule has 1 aromatic carbocycles. The maximum atomic E-state index is 5.53. The summed E-state index contributed by atoms with van der Waals surface area (Å²) in [6.07, 6.45) is 6.13. The van der Waals surface area contributed by atoms with Gasteiger partial charge in [-0.25, -0.2) is 4.98 Å². The first-order valence-electron chi connectivity index (χ1n) is 8.70. The summed E-state index contributed by atoms with van der Waals surface area (Å²) in [7, 11) is 1.73. The van der Waals surface area contributed by atoms with E-state index in [1.165, 1.54) is 17.5 Å². The SMILES string of the molecule is COc1ccc(CCCN2CCOCC2)cc1Cn1ccnc1C.Cl. The zero-order chi connectivity index (χ0) is 16.8. The van der Waals surface area contributed by atoms with E-state index < -0.39 is 0 Å². The van der Waals surface area contributed by atoms with Gasteiger partial charge in [0.15, 0.2) is 0 Å². The molecule has 5 nitrogen and oxygen atoms in total. The molecule has 0 N–H and O–H groups in total. The molecule has 0 aliphatic carbocycles. The quantitative estimate of drug-likeness (QED) is 0.756. The van der Waals surface area contributed by atoms with Gasteiger partial charge < -0.3 is 14.0 Å². The number of benzene rings is 1. The van der Waals surface area contributed by atoms with Crippen molar-refractivity contribution in [2.24, 2.45) is 0 Å². The number of ether oxygens (including phenoxy) is 2. The number of aromatic nitrogens is 2. The van der Waals surface area contributed by atoms with E-state index in [9.17, 15) is 0 Å². The fourth-order valence-corrected chi connectivity index (χ4v) is 3.20. The van der Waals surface area contributed by atoms with Gasteiger partial charge in [0.05, 0.1) is 26.9 Å². The molecule has 2 heterocycles. The van der Waals surface area contributed by atoms with Crippen molar-refractivity contribution in [3.8, 4) is 5.75 Å². The molecular weight excluding hydrogens is 338 g/mol. The zero-order valence-corrected chi connectivity index (χ0v) is 15.9. The van der Waals surface area contributed by atoms with Gasteiger partial charge in [-0.15, -0.1) is 12.4 Å². The topological polar surface area (TPSA) is 39.5 Å². The third-order valence-electron chi connectivity index (χ3n) is 4.65. The van der Waals surface area contributed by atoms with Crippen molar-refractivity contribution in [1.29, 1.82) is 0 Å². The van der Waals surface area contributed by atoms with Crippen LogP contribution in [0.3, 0.4) is 0 Å². The molecule has 25 heavy (non-hydrogen) atoms. The third kappa shape index (κ3) is 5.46. The standard InChI is InChI=1S/C19H27N3O2.ClH/c1-16-20-7-9-22(16)15-18-14-17(5-6-19(18)23-2)4-3-8-21-10-12-24-13-11-21;/h5-7,9,14H,3-4,8,10-13,15H2,1-2H3;1H. The van der Waals surface area contributed by atoms with Crippen molar-refractivity contribution < 1.29 is 9.47 Å². The van der Waals surface area contributed by atoms with Crippen LogP contribution < -0.4 is 4.74 Å². The summed E-state index contributed by atoms with van der Waals surface area (Å²) in [4.78, 5) is 6.79. The first-order chi connectivity index (χ1) is 11.8. The number of hydrogen-bond donors (Lipinski definition) is 0. The Kier molecular flexibility index (Phi) is 7.75. The predicted octanol–water partition coefficient (Wildman–Crippen LogP) is 2.94. The van der Waals surface area contributed by atoms with E-state index in [2.05, 4.69) is 32.7 Å². The van der Waals surface area contributed by atoms with E-state index in [-0.39, 0.29) is 12.4 Å². The smallest absolute Gasteiger partial charge is 0.123 e. The van der Waals surface area contributed by atoms with Gasteiger partial charge in [-0.05, 0) is 37.9 Å². The number of nitrogens with zero attached hydrogens (tertiary/aromatic N) is 3. The molecule has 0 amide bonds. The first-order valence-corrected chi connectivity index (χ1v) is 8.70. The maximum absolute atomic E-state index is 5.53. The van der Waals surface area contributed by atoms with Gasteiger partial charge in [0, 0.05) is 31.0 Å². The van der Waals surface area contributed by atoms with Crippen LogP contribution in [0.5, 0.6) is 5.75 Å². The Labute approximate surface area is 156 Å². The highest BCUT2D eigenvalue weighted by Crippen LogP contribution is 2.22. The van der Waals surface area contributed by atoms with Crippen molar-refractivity contribution >= 4 is 12.4 Å². The highest BCUT2D eigenvalue weighted by Gasteiger charge is 2.10. The first kappa shape index (κ1) is 19.8. The van der Waals surface area contributed by atoms with Crippen molar-refractivity contribution in [2.75, 3.05) is 40.0 Å². The van der Waals surface area contributed by atoms with Crippen molar-refractivity contribution in [1.82, 2.24) is 14.5 Å². The molecule has 0 radical (unpaired) electrons. The lowest BCUT2D eigenvalue weighted by atomic mass is 10.0. The van der Waals surface area contributed by atoms with Gasteiger partial charge in [0.1, 0.15) is 11.6 Å². The Morgan fingerprint density at radius 1 is 1.24 bits per heavy atom. The molecule has 6 heteroatoms. The van der Waals surface area contributed by atoms with E-state index in [0.29, 0.717) is 0 Å². The number of rotatable bonds is 7. The molecule has 138 valence electrons. The highest BCUT2D eigenvalue weighted by molar-refractivity contribution is 5.85. The number of aryl methyl sites for hydroxylation is 2. The summed E-state index contributed by atoms with van der Waals surface area (Å²) in [5.74, 6) is 1.97. The Bertz CT molecular complexity index is 654. The summed E-state index contributed by atoms with van der Waals surface area (Å²) in [5.41, 5.74) is 2.58. The van der Waals surface area contributed by atoms with E-state index in [1.54, 1.807) is 7.11 Å². The van der Waals surface area contributed by atoms with E-state index >= 15 is 0 Å². The lowest BCUT2D eigenvalue weighted by molar-refractivity contribution is 0.0374. The Morgan fingerprint density at radius 2 is 2.04 bits per heavy atom. The van der Waals surface area contributed by atoms with Gasteiger partial charge in [0.2, 0.25) is 0 Å². The number of hydrogen-bond acceptors (Lipinski definition) is 4. The molecule has 0 bridgehead atoms. The molecule has 0 unspecified atom stereocenters. The van der Waals surface area contributed by atoms with Crippen LogP contribution in [0.15, 0.2) is 30.6 Å². The second kappa shape index (κ2) is 9.80. The largest absolute Gasteiger partial charge is 0.496 e. The van der Waals surface area contributed by atoms with E-state index in [4.69, 9.17) is 9.47 Å². The molecule has 0 saturated carbocycles. The van der Waals surface area contributed by atoms with Gasteiger partial charge in [0.25, 0.3) is 0 Å². The Morgan fingerprint density at radius 3 is 2.72 bits per heavy atom. The summed E-state index contributed by atoms with van der Waals surface area (Å²) in [6.45, 7) is 7.84. The lowest BCUT2D eigenvalue weighted by Crippen LogP contribution is -2.36. The molecule has 2 aromatic rings. The van der Waals surface area contributed by atoms with E-state index in [0.717, 1.165) is 57.4 Å². The van der Waals surface area contributed by atoms with Crippen LogP contribution in [0.1, 0.15) is 23.4 Å². The number of morpholine rings is 1. The van der Waals surface area contributed by atoms with Crippen LogP contribution in [0.4, 0.5) is 0 Å².